The Morgan fingerprint density at radius 2 is 1.73 bits per heavy atom. The predicted octanol–water partition coefficient (Wildman–Crippen LogP) is 2.78. The summed E-state index contributed by atoms with van der Waals surface area (Å²) in [6, 6.07) is 17.1. The maximum atomic E-state index is 12.5. The first-order chi connectivity index (χ1) is 16.1. The summed E-state index contributed by atoms with van der Waals surface area (Å²) in [6.07, 6.45) is 5.02. The molecule has 0 unspecified atom stereocenters. The van der Waals surface area contributed by atoms with Crippen molar-refractivity contribution in [1.29, 1.82) is 0 Å². The normalized spacial score (nSPS) is 14.5. The summed E-state index contributed by atoms with van der Waals surface area (Å²) >= 11 is 6.09. The van der Waals surface area contributed by atoms with Crippen LogP contribution in [0.15, 0.2) is 66.9 Å². The van der Waals surface area contributed by atoms with Crippen LogP contribution in [0.1, 0.15) is 11.3 Å². The highest BCUT2D eigenvalue weighted by atomic mass is 35.5. The van der Waals surface area contributed by atoms with E-state index in [4.69, 9.17) is 11.6 Å². The Bertz CT molecular complexity index is 1120. The lowest BCUT2D eigenvalue weighted by atomic mass is 10.2. The van der Waals surface area contributed by atoms with Gasteiger partial charge in [-0.15, -0.1) is 5.10 Å². The molecule has 4 rings (SSSR count). The maximum Gasteiger partial charge on any atom is 0.246 e. The van der Waals surface area contributed by atoms with E-state index in [2.05, 4.69) is 15.6 Å². The number of piperazine rings is 1. The molecule has 3 aromatic rings. The Morgan fingerprint density at radius 1 is 1.00 bits per heavy atom. The molecule has 0 bridgehead atoms. The van der Waals surface area contributed by atoms with Gasteiger partial charge in [-0.25, -0.2) is 4.68 Å². The second-order valence-electron chi connectivity index (χ2n) is 7.79. The number of benzene rings is 2. The molecule has 0 spiro atoms. The third-order valence-corrected chi connectivity index (χ3v) is 5.67. The van der Waals surface area contributed by atoms with Crippen molar-refractivity contribution >= 4 is 35.2 Å². The van der Waals surface area contributed by atoms with Gasteiger partial charge in [0.05, 0.1) is 30.0 Å². The molecular weight excluding hydrogens is 440 g/mol. The number of carbonyl (C=O) groups excluding carboxylic acids is 2. The van der Waals surface area contributed by atoms with Crippen molar-refractivity contribution in [2.45, 2.75) is 6.54 Å². The fraction of sp³-hybridized carbons (Fsp3) is 0.250. The maximum absolute atomic E-state index is 12.5. The molecule has 2 heterocycles. The molecule has 1 saturated heterocycles. The van der Waals surface area contributed by atoms with E-state index in [9.17, 15) is 9.59 Å². The second kappa shape index (κ2) is 10.9. The summed E-state index contributed by atoms with van der Waals surface area (Å²) < 4.78 is 1.74. The van der Waals surface area contributed by atoms with E-state index in [0.717, 1.165) is 5.56 Å². The van der Waals surface area contributed by atoms with Crippen molar-refractivity contribution < 1.29 is 9.59 Å². The number of nitrogens with one attached hydrogen (secondary N) is 1. The first kappa shape index (κ1) is 22.7. The van der Waals surface area contributed by atoms with Crippen LogP contribution in [0.2, 0.25) is 5.02 Å². The van der Waals surface area contributed by atoms with Crippen LogP contribution in [-0.4, -0.2) is 69.3 Å². The number of halogens is 1. The molecule has 1 N–H and O–H groups in total. The number of aromatic nitrogens is 3. The Labute approximate surface area is 197 Å². The summed E-state index contributed by atoms with van der Waals surface area (Å²) in [5, 5.41) is 11.6. The summed E-state index contributed by atoms with van der Waals surface area (Å²) in [4.78, 5) is 28.6. The molecule has 2 aromatic carbocycles. The standard InChI is InChI=1S/C24H25ClN6O2/c25-21-8-4-5-9-22(21)26-23(32)18-29-12-14-30(15-13-29)24(33)11-10-20-17-31(28-27-20)16-19-6-2-1-3-7-19/h1-11,17H,12-16,18H2,(H,26,32). The highest BCUT2D eigenvalue weighted by molar-refractivity contribution is 6.33. The highest BCUT2D eigenvalue weighted by Crippen LogP contribution is 2.20. The Balaban J connectivity index is 1.22. The summed E-state index contributed by atoms with van der Waals surface area (Å²) in [6.45, 7) is 3.26. The molecule has 0 radical (unpaired) electrons. The van der Waals surface area contributed by atoms with Crippen LogP contribution in [0.4, 0.5) is 5.69 Å². The predicted molar refractivity (Wildman–Crippen MR) is 128 cm³/mol. The minimum atomic E-state index is -0.124. The smallest absolute Gasteiger partial charge is 0.246 e. The third kappa shape index (κ3) is 6.50. The van der Waals surface area contributed by atoms with Crippen molar-refractivity contribution in [3.8, 4) is 0 Å². The van der Waals surface area contributed by atoms with Gasteiger partial charge in [0, 0.05) is 32.3 Å². The molecule has 2 amide bonds. The van der Waals surface area contributed by atoms with Gasteiger partial charge in [-0.05, 0) is 23.8 Å². The van der Waals surface area contributed by atoms with Crippen LogP contribution in [0.3, 0.4) is 0 Å². The molecule has 0 saturated carbocycles. The number of rotatable bonds is 7. The third-order valence-electron chi connectivity index (χ3n) is 5.34. The van der Waals surface area contributed by atoms with Crippen LogP contribution in [0.25, 0.3) is 6.08 Å². The van der Waals surface area contributed by atoms with Gasteiger partial charge in [-0.2, -0.15) is 0 Å². The summed E-state index contributed by atoms with van der Waals surface area (Å²) in [5.74, 6) is -0.200. The highest BCUT2D eigenvalue weighted by Gasteiger charge is 2.21. The molecule has 0 aliphatic carbocycles. The number of amides is 2. The van der Waals surface area contributed by atoms with Crippen molar-refractivity contribution in [3.05, 3.63) is 83.2 Å². The molecule has 8 nitrogen and oxygen atoms in total. The number of carbonyl (C=O) groups is 2. The molecule has 1 aromatic heterocycles. The van der Waals surface area contributed by atoms with Crippen molar-refractivity contribution in [2.75, 3.05) is 38.0 Å². The van der Waals surface area contributed by atoms with E-state index < -0.39 is 0 Å². The van der Waals surface area contributed by atoms with Gasteiger partial charge in [-0.1, -0.05) is 59.3 Å². The van der Waals surface area contributed by atoms with Gasteiger partial charge in [0.1, 0.15) is 5.69 Å². The van der Waals surface area contributed by atoms with E-state index in [1.807, 2.05) is 53.6 Å². The SMILES string of the molecule is O=C(CN1CCN(C(=O)C=Cc2cn(Cc3ccccc3)nn2)CC1)Nc1ccccc1Cl. The molecule has 33 heavy (non-hydrogen) atoms. The van der Waals surface area contributed by atoms with Crippen molar-refractivity contribution in [2.24, 2.45) is 0 Å². The lowest BCUT2D eigenvalue weighted by molar-refractivity contribution is -0.127. The molecule has 0 atom stereocenters. The topological polar surface area (TPSA) is 83.4 Å². The number of hydrogen-bond donors (Lipinski definition) is 1. The van der Waals surface area contributed by atoms with E-state index in [1.165, 1.54) is 6.08 Å². The van der Waals surface area contributed by atoms with Crippen molar-refractivity contribution in [1.82, 2.24) is 24.8 Å². The Hall–Kier alpha value is -3.49. The van der Waals surface area contributed by atoms with E-state index >= 15 is 0 Å². The van der Waals surface area contributed by atoms with Gasteiger partial charge in [0.2, 0.25) is 11.8 Å². The number of hydrogen-bond acceptors (Lipinski definition) is 5. The number of nitrogens with zero attached hydrogens (tertiary/aromatic N) is 5. The fourth-order valence-electron chi connectivity index (χ4n) is 3.58. The molecule has 1 aliphatic rings. The molecule has 9 heteroatoms. The second-order valence-corrected chi connectivity index (χ2v) is 8.20. The zero-order valence-corrected chi connectivity index (χ0v) is 18.9. The van der Waals surface area contributed by atoms with Gasteiger partial charge >= 0.3 is 0 Å². The minimum Gasteiger partial charge on any atom is -0.337 e. The van der Waals surface area contributed by atoms with Crippen LogP contribution >= 0.6 is 11.6 Å². The van der Waals surface area contributed by atoms with Crippen LogP contribution in [-0.2, 0) is 16.1 Å². The molecule has 1 aliphatic heterocycles. The number of para-hydroxylation sites is 1. The molecule has 1 fully saturated rings. The van der Waals surface area contributed by atoms with Gasteiger partial charge in [0.25, 0.3) is 0 Å². The van der Waals surface area contributed by atoms with Crippen LogP contribution in [0.5, 0.6) is 0 Å². The van der Waals surface area contributed by atoms with Crippen molar-refractivity contribution in [3.63, 3.8) is 0 Å². The first-order valence-corrected chi connectivity index (χ1v) is 11.1. The van der Waals surface area contributed by atoms with Crippen LogP contribution in [0, 0.1) is 0 Å². The quantitative estimate of drug-likeness (QED) is 0.543. The molecule has 170 valence electrons. The lowest BCUT2D eigenvalue weighted by Crippen LogP contribution is -2.50. The fourth-order valence-corrected chi connectivity index (χ4v) is 3.76. The monoisotopic (exact) mass is 464 g/mol. The minimum absolute atomic E-state index is 0.0761. The average Bonchev–Trinajstić information content (AvgIpc) is 3.27. The average molecular weight is 465 g/mol. The number of anilines is 1. The van der Waals surface area contributed by atoms with Gasteiger partial charge < -0.3 is 10.2 Å². The Kier molecular flexibility index (Phi) is 7.49. The summed E-state index contributed by atoms with van der Waals surface area (Å²) in [7, 11) is 0. The first-order valence-electron chi connectivity index (χ1n) is 10.7. The zero-order chi connectivity index (χ0) is 23.0. The lowest BCUT2D eigenvalue weighted by Gasteiger charge is -2.33. The Morgan fingerprint density at radius 3 is 2.48 bits per heavy atom. The largest absolute Gasteiger partial charge is 0.337 e. The van der Waals surface area contributed by atoms with E-state index in [-0.39, 0.29) is 18.4 Å². The summed E-state index contributed by atoms with van der Waals surface area (Å²) in [5.41, 5.74) is 2.37. The zero-order valence-electron chi connectivity index (χ0n) is 18.1. The van der Waals surface area contributed by atoms with Gasteiger partial charge in [0.15, 0.2) is 0 Å². The van der Waals surface area contributed by atoms with E-state index in [1.54, 1.807) is 27.8 Å². The molecular formula is C24H25ClN6O2. The van der Waals surface area contributed by atoms with Gasteiger partial charge in [-0.3, -0.25) is 14.5 Å². The van der Waals surface area contributed by atoms with E-state index in [0.29, 0.717) is 49.1 Å². The van der Waals surface area contributed by atoms with Crippen LogP contribution < -0.4 is 5.32 Å².